The van der Waals surface area contributed by atoms with Crippen LogP contribution in [0.25, 0.3) is 0 Å². The molecule has 2 rings (SSSR count). The van der Waals surface area contributed by atoms with E-state index in [9.17, 15) is 9.59 Å². The van der Waals surface area contributed by atoms with Crippen LogP contribution in [0.5, 0.6) is 11.5 Å². The van der Waals surface area contributed by atoms with Crippen molar-refractivity contribution < 1.29 is 19.1 Å². The Hall–Kier alpha value is -2.24. The van der Waals surface area contributed by atoms with Crippen LogP contribution in [0.15, 0.2) is 18.2 Å². The Morgan fingerprint density at radius 1 is 1.32 bits per heavy atom. The average Bonchev–Trinajstić information content (AvgIpc) is 2.90. The number of carbonyl (C=O) groups is 2. The molecular formula is C16H22N2O4. The molecule has 1 aromatic carbocycles. The molecule has 120 valence electrons. The second kappa shape index (κ2) is 7.15. The van der Waals surface area contributed by atoms with Gasteiger partial charge in [-0.25, -0.2) is 0 Å². The van der Waals surface area contributed by atoms with Crippen molar-refractivity contribution in [2.75, 3.05) is 13.7 Å². The van der Waals surface area contributed by atoms with Crippen molar-refractivity contribution in [1.82, 2.24) is 5.32 Å². The molecule has 0 spiro atoms. The Labute approximate surface area is 130 Å². The van der Waals surface area contributed by atoms with Crippen LogP contribution in [0.4, 0.5) is 0 Å². The largest absolute Gasteiger partial charge is 0.493 e. The Kier molecular flexibility index (Phi) is 5.25. The summed E-state index contributed by atoms with van der Waals surface area (Å²) in [6.07, 6.45) is 3.31. The lowest BCUT2D eigenvalue weighted by atomic mass is 10.1. The summed E-state index contributed by atoms with van der Waals surface area (Å²) in [4.78, 5) is 23.1. The van der Waals surface area contributed by atoms with E-state index in [1.165, 1.54) is 7.11 Å². The minimum atomic E-state index is -0.570. The Morgan fingerprint density at radius 3 is 2.68 bits per heavy atom. The summed E-state index contributed by atoms with van der Waals surface area (Å²) in [6, 6.07) is 5.08. The van der Waals surface area contributed by atoms with E-state index in [4.69, 9.17) is 15.2 Å². The summed E-state index contributed by atoms with van der Waals surface area (Å²) >= 11 is 0. The van der Waals surface area contributed by atoms with Crippen LogP contribution in [0.2, 0.25) is 0 Å². The van der Waals surface area contributed by atoms with E-state index >= 15 is 0 Å². The third kappa shape index (κ3) is 3.90. The Morgan fingerprint density at radius 2 is 2.09 bits per heavy atom. The lowest BCUT2D eigenvalue weighted by Gasteiger charge is -2.18. The van der Waals surface area contributed by atoms with Crippen LogP contribution < -0.4 is 20.5 Å². The zero-order valence-electron chi connectivity index (χ0n) is 12.9. The molecule has 2 atom stereocenters. The smallest absolute Gasteiger partial charge is 0.255 e. The van der Waals surface area contributed by atoms with Gasteiger partial charge in [-0.05, 0) is 37.0 Å². The van der Waals surface area contributed by atoms with Crippen molar-refractivity contribution in [2.24, 2.45) is 11.7 Å². The van der Waals surface area contributed by atoms with Crippen LogP contribution >= 0.6 is 0 Å². The SMILES string of the molecule is COc1cc(C(=O)NC2CCCC2C)ccc1OCC(N)=O. The molecule has 2 unspecified atom stereocenters. The molecule has 0 aromatic heterocycles. The van der Waals surface area contributed by atoms with Gasteiger partial charge in [0.2, 0.25) is 0 Å². The second-order valence-corrected chi connectivity index (χ2v) is 5.61. The number of nitrogens with two attached hydrogens (primary N) is 1. The number of nitrogens with one attached hydrogen (secondary N) is 1. The highest BCUT2D eigenvalue weighted by atomic mass is 16.5. The van der Waals surface area contributed by atoms with Gasteiger partial charge in [0, 0.05) is 11.6 Å². The molecule has 0 bridgehead atoms. The molecule has 6 heteroatoms. The van der Waals surface area contributed by atoms with Crippen molar-refractivity contribution in [2.45, 2.75) is 32.2 Å². The summed E-state index contributed by atoms with van der Waals surface area (Å²) in [5.41, 5.74) is 5.55. The van der Waals surface area contributed by atoms with Gasteiger partial charge in [0.1, 0.15) is 0 Å². The molecule has 0 radical (unpaired) electrons. The molecule has 1 saturated carbocycles. The quantitative estimate of drug-likeness (QED) is 0.833. The fourth-order valence-corrected chi connectivity index (χ4v) is 2.69. The van der Waals surface area contributed by atoms with Gasteiger partial charge in [0.15, 0.2) is 18.1 Å². The first-order valence-electron chi connectivity index (χ1n) is 7.41. The van der Waals surface area contributed by atoms with Gasteiger partial charge in [-0.2, -0.15) is 0 Å². The first kappa shape index (κ1) is 16.1. The van der Waals surface area contributed by atoms with Gasteiger partial charge >= 0.3 is 0 Å². The number of primary amides is 1. The molecule has 1 aromatic rings. The lowest BCUT2D eigenvalue weighted by molar-refractivity contribution is -0.119. The van der Waals surface area contributed by atoms with Gasteiger partial charge in [-0.3, -0.25) is 9.59 Å². The highest BCUT2D eigenvalue weighted by molar-refractivity contribution is 5.95. The van der Waals surface area contributed by atoms with E-state index in [1.54, 1.807) is 18.2 Å². The highest BCUT2D eigenvalue weighted by Gasteiger charge is 2.25. The predicted molar refractivity (Wildman–Crippen MR) is 82.0 cm³/mol. The van der Waals surface area contributed by atoms with Crippen LogP contribution in [0.1, 0.15) is 36.5 Å². The first-order valence-corrected chi connectivity index (χ1v) is 7.41. The number of carbonyl (C=O) groups excluding carboxylic acids is 2. The Bertz CT molecular complexity index is 559. The molecule has 0 heterocycles. The number of rotatable bonds is 6. The number of ether oxygens (including phenoxy) is 2. The fourth-order valence-electron chi connectivity index (χ4n) is 2.69. The second-order valence-electron chi connectivity index (χ2n) is 5.61. The van der Waals surface area contributed by atoms with Gasteiger partial charge < -0.3 is 20.5 Å². The topological polar surface area (TPSA) is 90.7 Å². The highest BCUT2D eigenvalue weighted by Crippen LogP contribution is 2.29. The van der Waals surface area contributed by atoms with Crippen molar-refractivity contribution in [3.05, 3.63) is 23.8 Å². The minimum Gasteiger partial charge on any atom is -0.493 e. The van der Waals surface area contributed by atoms with E-state index in [0.29, 0.717) is 23.0 Å². The molecular weight excluding hydrogens is 284 g/mol. The lowest BCUT2D eigenvalue weighted by Crippen LogP contribution is -2.36. The number of hydrogen-bond acceptors (Lipinski definition) is 4. The third-order valence-corrected chi connectivity index (χ3v) is 3.97. The molecule has 6 nitrogen and oxygen atoms in total. The zero-order chi connectivity index (χ0) is 16.1. The molecule has 0 saturated heterocycles. The fraction of sp³-hybridized carbons (Fsp3) is 0.500. The van der Waals surface area contributed by atoms with Gasteiger partial charge in [-0.1, -0.05) is 13.3 Å². The number of methoxy groups -OCH3 is 1. The predicted octanol–water partition coefficient (Wildman–Crippen LogP) is 1.48. The summed E-state index contributed by atoms with van der Waals surface area (Å²) in [7, 11) is 1.48. The van der Waals surface area contributed by atoms with Gasteiger partial charge in [0.25, 0.3) is 11.8 Å². The zero-order valence-corrected chi connectivity index (χ0v) is 12.9. The van der Waals surface area contributed by atoms with Crippen molar-refractivity contribution in [3.63, 3.8) is 0 Å². The normalized spacial score (nSPS) is 20.5. The molecule has 1 aliphatic carbocycles. The van der Waals surface area contributed by atoms with E-state index in [-0.39, 0.29) is 18.6 Å². The maximum atomic E-state index is 12.3. The summed E-state index contributed by atoms with van der Waals surface area (Å²) < 4.78 is 10.4. The number of benzene rings is 1. The van der Waals surface area contributed by atoms with E-state index in [0.717, 1.165) is 19.3 Å². The Balaban J connectivity index is 2.07. The van der Waals surface area contributed by atoms with Crippen molar-refractivity contribution in [3.8, 4) is 11.5 Å². The maximum absolute atomic E-state index is 12.3. The molecule has 0 aliphatic heterocycles. The van der Waals surface area contributed by atoms with Gasteiger partial charge in [-0.15, -0.1) is 0 Å². The van der Waals surface area contributed by atoms with Crippen LogP contribution in [0.3, 0.4) is 0 Å². The summed E-state index contributed by atoms with van der Waals surface area (Å²) in [6.45, 7) is 1.92. The minimum absolute atomic E-state index is 0.126. The number of hydrogen-bond donors (Lipinski definition) is 2. The molecule has 1 fully saturated rings. The first-order chi connectivity index (χ1) is 10.5. The third-order valence-electron chi connectivity index (χ3n) is 3.97. The summed E-state index contributed by atoms with van der Waals surface area (Å²) in [5.74, 6) is 0.585. The monoisotopic (exact) mass is 306 g/mol. The maximum Gasteiger partial charge on any atom is 0.255 e. The molecule has 1 aliphatic rings. The average molecular weight is 306 g/mol. The van der Waals surface area contributed by atoms with E-state index in [2.05, 4.69) is 12.2 Å². The molecule has 22 heavy (non-hydrogen) atoms. The van der Waals surface area contributed by atoms with E-state index in [1.807, 2.05) is 0 Å². The van der Waals surface area contributed by atoms with Crippen LogP contribution in [0, 0.1) is 5.92 Å². The van der Waals surface area contributed by atoms with Crippen LogP contribution in [-0.4, -0.2) is 31.6 Å². The molecule has 2 amide bonds. The standard InChI is InChI=1S/C16H22N2O4/c1-10-4-3-5-12(10)18-16(20)11-6-7-13(14(8-11)21-2)22-9-15(17)19/h6-8,10,12H,3-5,9H2,1-2H3,(H2,17,19)(H,18,20). The van der Waals surface area contributed by atoms with Crippen molar-refractivity contribution in [1.29, 1.82) is 0 Å². The van der Waals surface area contributed by atoms with Gasteiger partial charge in [0.05, 0.1) is 7.11 Å². The number of amides is 2. The summed E-state index contributed by atoms with van der Waals surface area (Å²) in [5, 5.41) is 3.06. The van der Waals surface area contributed by atoms with E-state index < -0.39 is 5.91 Å². The van der Waals surface area contributed by atoms with Crippen molar-refractivity contribution >= 4 is 11.8 Å². The molecule has 3 N–H and O–H groups in total. The van der Waals surface area contributed by atoms with Crippen LogP contribution in [-0.2, 0) is 4.79 Å².